The summed E-state index contributed by atoms with van der Waals surface area (Å²) in [7, 11) is 0. The number of nitrogens with one attached hydrogen (secondary N) is 2. The van der Waals surface area contributed by atoms with E-state index in [0.717, 1.165) is 18.4 Å². The number of carbonyl (C=O) groups is 4. The van der Waals surface area contributed by atoms with Crippen molar-refractivity contribution in [2.45, 2.75) is 90.3 Å². The molecule has 1 spiro atoms. The van der Waals surface area contributed by atoms with E-state index in [-0.39, 0.29) is 24.3 Å². The Kier molecular flexibility index (Phi) is 11.0. The lowest BCUT2D eigenvalue weighted by Crippen LogP contribution is -2.73. The lowest BCUT2D eigenvalue weighted by Gasteiger charge is -2.51. The van der Waals surface area contributed by atoms with Crippen LogP contribution in [-0.2, 0) is 25.7 Å². The van der Waals surface area contributed by atoms with Gasteiger partial charge in [0.1, 0.15) is 18.2 Å². The van der Waals surface area contributed by atoms with Gasteiger partial charge in [-0.15, -0.1) is 0 Å². The summed E-state index contributed by atoms with van der Waals surface area (Å²) >= 11 is 0. The Hall–Kier alpha value is -3.10. The van der Waals surface area contributed by atoms with Crippen molar-refractivity contribution in [2.24, 2.45) is 5.92 Å². The number of benzene rings is 1. The van der Waals surface area contributed by atoms with Gasteiger partial charge in [0.05, 0.1) is 0 Å². The molecule has 2 N–H and O–H groups in total. The zero-order valence-corrected chi connectivity index (χ0v) is 23.2. The van der Waals surface area contributed by atoms with Gasteiger partial charge in [-0.3, -0.25) is 14.4 Å². The fraction of sp³-hybridized carbons (Fsp3) is 0.655. The minimum absolute atomic E-state index is 0.0405. The standard InChI is InChI=1S/C29H44N4O5/c1-4-18-33-26(35)24(12-8-9-17-30-28(37)38-21-23-10-6-5-7-11-23)31-27(36)29(33)15-19-32(20-16-29)25(34)14-13-22(2)3/h5-7,10-11,22,24H,4,8-9,12-21H2,1-3H3,(H,30,37)(H,31,36)/t24-/m0/s1. The first-order chi connectivity index (χ1) is 18.3. The van der Waals surface area contributed by atoms with E-state index >= 15 is 0 Å². The molecule has 4 amide bonds. The van der Waals surface area contributed by atoms with E-state index in [1.807, 2.05) is 42.2 Å². The summed E-state index contributed by atoms with van der Waals surface area (Å²) in [6.45, 7) is 8.39. The second kappa shape index (κ2) is 14.2. The summed E-state index contributed by atoms with van der Waals surface area (Å²) in [5.74, 6) is 0.459. The quantitative estimate of drug-likeness (QED) is 0.403. The van der Waals surface area contributed by atoms with E-state index in [9.17, 15) is 19.2 Å². The number of rotatable bonds is 12. The summed E-state index contributed by atoms with van der Waals surface area (Å²) < 4.78 is 5.21. The van der Waals surface area contributed by atoms with Crippen molar-refractivity contribution in [3.8, 4) is 0 Å². The molecule has 3 rings (SSSR count). The topological polar surface area (TPSA) is 108 Å². The van der Waals surface area contributed by atoms with Crippen molar-refractivity contribution < 1.29 is 23.9 Å². The van der Waals surface area contributed by atoms with E-state index in [0.29, 0.717) is 70.6 Å². The van der Waals surface area contributed by atoms with Crippen molar-refractivity contribution in [1.29, 1.82) is 0 Å². The molecule has 2 fully saturated rings. The first-order valence-electron chi connectivity index (χ1n) is 14.1. The molecular formula is C29H44N4O5. The van der Waals surface area contributed by atoms with Gasteiger partial charge < -0.3 is 25.2 Å². The lowest BCUT2D eigenvalue weighted by atomic mass is 9.81. The fourth-order valence-corrected chi connectivity index (χ4v) is 5.25. The highest BCUT2D eigenvalue weighted by Crippen LogP contribution is 2.34. The van der Waals surface area contributed by atoms with Crippen molar-refractivity contribution >= 4 is 23.8 Å². The van der Waals surface area contributed by atoms with Crippen LogP contribution in [0.4, 0.5) is 4.79 Å². The molecule has 0 radical (unpaired) electrons. The number of unbranched alkanes of at least 4 members (excludes halogenated alkanes) is 1. The van der Waals surface area contributed by atoms with Gasteiger partial charge in [-0.2, -0.15) is 0 Å². The van der Waals surface area contributed by atoms with Crippen LogP contribution in [0.2, 0.25) is 0 Å². The van der Waals surface area contributed by atoms with Gasteiger partial charge >= 0.3 is 6.09 Å². The van der Waals surface area contributed by atoms with E-state index < -0.39 is 17.7 Å². The van der Waals surface area contributed by atoms with Crippen molar-refractivity contribution in [3.63, 3.8) is 0 Å². The highest BCUT2D eigenvalue weighted by Gasteiger charge is 2.53. The number of nitrogens with zero attached hydrogens (tertiary/aromatic N) is 2. The number of carbonyl (C=O) groups excluding carboxylic acids is 4. The number of hydrogen-bond acceptors (Lipinski definition) is 5. The molecule has 0 saturated carbocycles. The summed E-state index contributed by atoms with van der Waals surface area (Å²) in [4.78, 5) is 55.0. The average molecular weight is 529 g/mol. The molecule has 210 valence electrons. The van der Waals surface area contributed by atoms with E-state index in [2.05, 4.69) is 24.5 Å². The zero-order chi connectivity index (χ0) is 27.5. The largest absolute Gasteiger partial charge is 0.445 e. The van der Waals surface area contributed by atoms with Crippen LogP contribution >= 0.6 is 0 Å². The second-order valence-electron chi connectivity index (χ2n) is 10.8. The Morgan fingerprint density at radius 3 is 2.50 bits per heavy atom. The van der Waals surface area contributed by atoms with E-state index in [1.54, 1.807) is 4.90 Å². The summed E-state index contributed by atoms with van der Waals surface area (Å²) in [6, 6.07) is 8.92. The summed E-state index contributed by atoms with van der Waals surface area (Å²) in [6.07, 6.45) is 4.48. The lowest BCUT2D eigenvalue weighted by molar-refractivity contribution is -0.162. The SMILES string of the molecule is CCCN1C(=O)[C@H](CCCCNC(=O)OCc2ccccc2)NC(=O)C12CCN(C(=O)CCC(C)C)CC2. The highest BCUT2D eigenvalue weighted by atomic mass is 16.5. The number of piperidine rings is 1. The molecule has 9 nitrogen and oxygen atoms in total. The first-order valence-corrected chi connectivity index (χ1v) is 14.1. The number of amides is 4. The predicted octanol–water partition coefficient (Wildman–Crippen LogP) is 3.62. The third-order valence-corrected chi connectivity index (χ3v) is 7.54. The second-order valence-corrected chi connectivity index (χ2v) is 10.8. The molecule has 2 aliphatic rings. The molecule has 0 aromatic heterocycles. The molecule has 1 aromatic rings. The van der Waals surface area contributed by atoms with Gasteiger partial charge in [0.25, 0.3) is 0 Å². The molecule has 0 aliphatic carbocycles. The van der Waals surface area contributed by atoms with Gasteiger partial charge in [0.15, 0.2) is 0 Å². The van der Waals surface area contributed by atoms with Crippen LogP contribution in [0.3, 0.4) is 0 Å². The summed E-state index contributed by atoms with van der Waals surface area (Å²) in [5.41, 5.74) is 0.0506. The molecular weight excluding hydrogens is 484 g/mol. The summed E-state index contributed by atoms with van der Waals surface area (Å²) in [5, 5.41) is 5.73. The third-order valence-electron chi connectivity index (χ3n) is 7.54. The minimum atomic E-state index is -0.873. The molecule has 0 bridgehead atoms. The van der Waals surface area contributed by atoms with E-state index in [4.69, 9.17) is 4.74 Å². The molecule has 1 aromatic carbocycles. The predicted molar refractivity (Wildman–Crippen MR) is 145 cm³/mol. The number of ether oxygens (including phenoxy) is 1. The highest BCUT2D eigenvalue weighted by molar-refractivity contribution is 6.00. The fourth-order valence-electron chi connectivity index (χ4n) is 5.25. The van der Waals surface area contributed by atoms with Gasteiger partial charge in [0, 0.05) is 32.6 Å². The van der Waals surface area contributed by atoms with Crippen LogP contribution in [0.1, 0.15) is 77.7 Å². The van der Waals surface area contributed by atoms with Gasteiger partial charge in [0.2, 0.25) is 17.7 Å². The van der Waals surface area contributed by atoms with Crippen LogP contribution in [0.25, 0.3) is 0 Å². The Balaban J connectivity index is 1.45. The smallest absolute Gasteiger partial charge is 0.407 e. The Morgan fingerprint density at radius 1 is 1.13 bits per heavy atom. The minimum Gasteiger partial charge on any atom is -0.445 e. The van der Waals surface area contributed by atoms with Crippen LogP contribution < -0.4 is 10.6 Å². The van der Waals surface area contributed by atoms with Gasteiger partial charge in [-0.1, -0.05) is 51.1 Å². The first kappa shape index (κ1) is 29.5. The average Bonchev–Trinajstić information content (AvgIpc) is 2.92. The molecule has 2 aliphatic heterocycles. The van der Waals surface area contributed by atoms with Crippen LogP contribution in [0.15, 0.2) is 30.3 Å². The maximum absolute atomic E-state index is 13.5. The van der Waals surface area contributed by atoms with Crippen LogP contribution in [0, 0.1) is 5.92 Å². The molecule has 2 saturated heterocycles. The number of likely N-dealkylation sites (tertiary alicyclic amines) is 1. The van der Waals surface area contributed by atoms with Crippen LogP contribution in [-0.4, -0.2) is 71.4 Å². The van der Waals surface area contributed by atoms with Crippen molar-refractivity contribution in [1.82, 2.24) is 20.4 Å². The van der Waals surface area contributed by atoms with Crippen LogP contribution in [0.5, 0.6) is 0 Å². The number of piperazine rings is 1. The Labute approximate surface area is 226 Å². The van der Waals surface area contributed by atoms with Gasteiger partial charge in [-0.25, -0.2) is 4.79 Å². The molecule has 9 heteroatoms. The molecule has 38 heavy (non-hydrogen) atoms. The van der Waals surface area contributed by atoms with E-state index in [1.165, 1.54) is 0 Å². The Bertz CT molecular complexity index is 944. The maximum atomic E-state index is 13.5. The normalized spacial score (nSPS) is 19.0. The number of alkyl carbamates (subject to hydrolysis) is 1. The molecule has 0 unspecified atom stereocenters. The molecule has 2 heterocycles. The third kappa shape index (κ3) is 7.71. The van der Waals surface area contributed by atoms with Crippen molar-refractivity contribution in [2.75, 3.05) is 26.2 Å². The molecule has 1 atom stereocenters. The Morgan fingerprint density at radius 2 is 1.84 bits per heavy atom. The monoisotopic (exact) mass is 528 g/mol. The zero-order valence-electron chi connectivity index (χ0n) is 23.2. The number of hydrogen-bond donors (Lipinski definition) is 2. The van der Waals surface area contributed by atoms with Gasteiger partial charge in [-0.05, 0) is 56.4 Å². The maximum Gasteiger partial charge on any atom is 0.407 e. The van der Waals surface area contributed by atoms with Crippen molar-refractivity contribution in [3.05, 3.63) is 35.9 Å².